The van der Waals surface area contributed by atoms with E-state index in [2.05, 4.69) is 26.0 Å². The molecule has 0 bridgehead atoms. The maximum absolute atomic E-state index is 12.2. The minimum absolute atomic E-state index is 0.125. The molecule has 10 heteroatoms. The van der Waals surface area contributed by atoms with Crippen LogP contribution in [-0.2, 0) is 4.79 Å². The monoisotopic (exact) mass is 391 g/mol. The molecule has 1 aromatic carbocycles. The van der Waals surface area contributed by atoms with Crippen LogP contribution in [0.4, 0.5) is 11.6 Å². The minimum Gasteiger partial charge on any atom is -0.334 e. The molecular formula is C16H21N7OS2. The zero-order valence-corrected chi connectivity index (χ0v) is 16.1. The van der Waals surface area contributed by atoms with Gasteiger partial charge in [-0.05, 0) is 44.1 Å². The molecule has 1 aliphatic rings. The Morgan fingerprint density at radius 2 is 2.08 bits per heavy atom. The molecule has 1 fully saturated rings. The van der Waals surface area contributed by atoms with Crippen molar-refractivity contribution < 1.29 is 4.79 Å². The van der Waals surface area contributed by atoms with Gasteiger partial charge in [0.2, 0.25) is 11.1 Å². The molecule has 1 amide bonds. The van der Waals surface area contributed by atoms with Crippen molar-refractivity contribution in [3.63, 3.8) is 0 Å². The van der Waals surface area contributed by atoms with Crippen LogP contribution in [0.1, 0.15) is 25.7 Å². The highest BCUT2D eigenvalue weighted by atomic mass is 32.2. The van der Waals surface area contributed by atoms with Gasteiger partial charge in [0.1, 0.15) is 0 Å². The molecule has 138 valence electrons. The van der Waals surface area contributed by atoms with Crippen LogP contribution in [0, 0.1) is 0 Å². The summed E-state index contributed by atoms with van der Waals surface area (Å²) in [6, 6.07) is 7.68. The van der Waals surface area contributed by atoms with Crippen LogP contribution < -0.4 is 16.6 Å². The van der Waals surface area contributed by atoms with Gasteiger partial charge < -0.3 is 11.2 Å². The van der Waals surface area contributed by atoms with Crippen LogP contribution in [0.3, 0.4) is 0 Å². The smallest absolute Gasteiger partial charge is 0.264 e. The normalized spacial score (nSPS) is 13.7. The summed E-state index contributed by atoms with van der Waals surface area (Å²) in [5, 5.41) is 15.7. The van der Waals surface area contributed by atoms with E-state index >= 15 is 0 Å². The van der Waals surface area contributed by atoms with Crippen LogP contribution in [0.2, 0.25) is 0 Å². The summed E-state index contributed by atoms with van der Waals surface area (Å²) in [6.07, 6.45) is 6.33. The lowest BCUT2D eigenvalue weighted by Gasteiger charge is -2.08. The van der Waals surface area contributed by atoms with Gasteiger partial charge in [-0.1, -0.05) is 23.9 Å². The SMILES string of the molecule is CSc1ccccc1NC(=O)CSc1nnc(NN=C2CCCC2)n1N. The number of hydrazone groups is 1. The fourth-order valence-electron chi connectivity index (χ4n) is 2.54. The van der Waals surface area contributed by atoms with Crippen LogP contribution in [0.25, 0.3) is 0 Å². The summed E-state index contributed by atoms with van der Waals surface area (Å²) < 4.78 is 1.31. The van der Waals surface area contributed by atoms with E-state index in [1.54, 1.807) is 11.8 Å². The first-order valence-electron chi connectivity index (χ1n) is 8.25. The summed E-state index contributed by atoms with van der Waals surface area (Å²) >= 11 is 2.81. The predicted molar refractivity (Wildman–Crippen MR) is 107 cm³/mol. The number of nitrogens with two attached hydrogens (primary N) is 1. The fourth-order valence-corrected chi connectivity index (χ4v) is 3.75. The van der Waals surface area contributed by atoms with E-state index < -0.39 is 0 Å². The highest BCUT2D eigenvalue weighted by Crippen LogP contribution is 2.25. The minimum atomic E-state index is -0.125. The molecule has 0 atom stereocenters. The Labute approximate surface area is 160 Å². The van der Waals surface area contributed by atoms with Gasteiger partial charge >= 0.3 is 0 Å². The molecule has 2 aromatic rings. The van der Waals surface area contributed by atoms with Gasteiger partial charge in [0.25, 0.3) is 5.95 Å². The van der Waals surface area contributed by atoms with Gasteiger partial charge in [-0.2, -0.15) is 5.10 Å². The van der Waals surface area contributed by atoms with Crippen LogP contribution in [0.5, 0.6) is 0 Å². The molecule has 1 saturated carbocycles. The second-order valence-corrected chi connectivity index (χ2v) is 7.50. The van der Waals surface area contributed by atoms with Gasteiger partial charge in [-0.15, -0.1) is 22.0 Å². The predicted octanol–water partition coefficient (Wildman–Crippen LogP) is 2.79. The lowest BCUT2D eigenvalue weighted by Crippen LogP contribution is -2.17. The molecule has 1 aliphatic carbocycles. The van der Waals surface area contributed by atoms with Gasteiger partial charge in [-0.3, -0.25) is 4.79 Å². The highest BCUT2D eigenvalue weighted by molar-refractivity contribution is 7.99. The number of hydrogen-bond donors (Lipinski definition) is 3. The molecule has 3 rings (SSSR count). The largest absolute Gasteiger partial charge is 0.334 e. The van der Waals surface area contributed by atoms with Crippen molar-refractivity contribution >= 4 is 46.8 Å². The number of hydrogen-bond acceptors (Lipinski definition) is 8. The highest BCUT2D eigenvalue weighted by Gasteiger charge is 2.14. The Bertz CT molecular complexity index is 798. The molecule has 0 aliphatic heterocycles. The zero-order chi connectivity index (χ0) is 18.4. The third kappa shape index (κ3) is 4.70. The van der Waals surface area contributed by atoms with Crippen molar-refractivity contribution in [2.45, 2.75) is 35.7 Å². The van der Waals surface area contributed by atoms with Crippen molar-refractivity contribution in [2.24, 2.45) is 5.10 Å². The van der Waals surface area contributed by atoms with E-state index in [-0.39, 0.29) is 11.7 Å². The third-order valence-electron chi connectivity index (χ3n) is 3.87. The lowest BCUT2D eigenvalue weighted by molar-refractivity contribution is -0.113. The number of aromatic nitrogens is 3. The number of nitrogens with one attached hydrogen (secondary N) is 2. The zero-order valence-electron chi connectivity index (χ0n) is 14.4. The average Bonchev–Trinajstić information content (AvgIpc) is 3.29. The van der Waals surface area contributed by atoms with E-state index in [9.17, 15) is 4.79 Å². The number of anilines is 2. The maximum Gasteiger partial charge on any atom is 0.264 e. The number of rotatable bonds is 7. The molecule has 0 saturated heterocycles. The second-order valence-electron chi connectivity index (χ2n) is 5.71. The molecule has 0 spiro atoms. The number of nitrogens with zero attached hydrogens (tertiary/aromatic N) is 4. The third-order valence-corrected chi connectivity index (χ3v) is 5.61. The van der Waals surface area contributed by atoms with E-state index in [1.807, 2.05) is 30.5 Å². The van der Waals surface area contributed by atoms with Crippen LogP contribution in [0.15, 0.2) is 39.4 Å². The van der Waals surface area contributed by atoms with Crippen molar-refractivity contribution in [3.8, 4) is 0 Å². The molecule has 1 heterocycles. The Morgan fingerprint density at radius 3 is 2.85 bits per heavy atom. The molecule has 0 radical (unpaired) electrons. The van der Waals surface area contributed by atoms with Crippen molar-refractivity contribution in [1.29, 1.82) is 0 Å². The van der Waals surface area contributed by atoms with Crippen molar-refractivity contribution in [1.82, 2.24) is 14.9 Å². The summed E-state index contributed by atoms with van der Waals surface area (Å²) in [6.45, 7) is 0. The average molecular weight is 392 g/mol. The number of benzene rings is 1. The lowest BCUT2D eigenvalue weighted by atomic mass is 10.3. The quantitative estimate of drug-likeness (QED) is 0.378. The second kappa shape index (κ2) is 8.95. The van der Waals surface area contributed by atoms with Crippen LogP contribution >= 0.6 is 23.5 Å². The van der Waals surface area contributed by atoms with Gasteiger partial charge in [0, 0.05) is 10.6 Å². The van der Waals surface area contributed by atoms with Gasteiger partial charge in [0.15, 0.2) is 0 Å². The molecule has 0 unspecified atom stereocenters. The Kier molecular flexibility index (Phi) is 6.40. The fraction of sp³-hybridized carbons (Fsp3) is 0.375. The van der Waals surface area contributed by atoms with Crippen LogP contribution in [-0.4, -0.2) is 38.5 Å². The van der Waals surface area contributed by atoms with Gasteiger partial charge in [-0.25, -0.2) is 10.1 Å². The number of carbonyl (C=O) groups excluding carboxylic acids is 1. The Hall–Kier alpha value is -2.20. The van der Waals surface area contributed by atoms with E-state index in [0.29, 0.717) is 11.1 Å². The number of thioether (sulfide) groups is 2. The summed E-state index contributed by atoms with van der Waals surface area (Å²) in [7, 11) is 0. The number of nitrogen functional groups attached to an aromatic ring is 1. The van der Waals surface area contributed by atoms with Crippen molar-refractivity contribution in [2.75, 3.05) is 28.6 Å². The standard InChI is InChI=1S/C16H21N7OS2/c1-25-13-9-5-4-8-12(13)18-14(24)10-26-16-22-21-15(23(16)17)20-19-11-6-2-3-7-11/h4-5,8-9H,2-3,6-7,10,17H2,1H3,(H,18,24)(H,20,21). The summed E-state index contributed by atoms with van der Waals surface area (Å²) in [5.74, 6) is 6.40. The van der Waals surface area contributed by atoms with Crippen molar-refractivity contribution in [3.05, 3.63) is 24.3 Å². The first-order chi connectivity index (χ1) is 12.7. The first-order valence-corrected chi connectivity index (χ1v) is 10.5. The Morgan fingerprint density at radius 1 is 1.31 bits per heavy atom. The number of para-hydroxylation sites is 1. The molecule has 1 aromatic heterocycles. The Balaban J connectivity index is 1.54. The van der Waals surface area contributed by atoms with Gasteiger partial charge in [0.05, 0.1) is 11.4 Å². The maximum atomic E-state index is 12.2. The summed E-state index contributed by atoms with van der Waals surface area (Å²) in [4.78, 5) is 13.2. The molecular weight excluding hydrogens is 370 g/mol. The molecule has 8 nitrogen and oxygen atoms in total. The summed E-state index contributed by atoms with van der Waals surface area (Å²) in [5.41, 5.74) is 4.77. The molecule has 4 N–H and O–H groups in total. The van der Waals surface area contributed by atoms with E-state index in [0.717, 1.165) is 29.1 Å². The number of amides is 1. The first kappa shape index (κ1) is 18.6. The molecule has 26 heavy (non-hydrogen) atoms. The number of carbonyl (C=O) groups is 1. The van der Waals surface area contributed by atoms with E-state index in [1.165, 1.54) is 29.3 Å². The van der Waals surface area contributed by atoms with E-state index in [4.69, 9.17) is 5.84 Å². The topological polar surface area (TPSA) is 110 Å².